The minimum Gasteiger partial charge on any atom is -0.454 e. The summed E-state index contributed by atoms with van der Waals surface area (Å²) < 4.78 is 17.5. The molecule has 2 aliphatic heterocycles. The lowest BCUT2D eigenvalue weighted by atomic mass is 9.40. The Morgan fingerprint density at radius 3 is 2.31 bits per heavy atom. The molecule has 45 heavy (non-hydrogen) atoms. The molecule has 5 rings (SSSR count). The van der Waals surface area contributed by atoms with Crippen LogP contribution in [-0.2, 0) is 28.6 Å². The number of ether oxygens (including phenoxy) is 3. The molecule has 0 amide bonds. The lowest BCUT2D eigenvalue weighted by Gasteiger charge is -2.71. The van der Waals surface area contributed by atoms with E-state index in [4.69, 9.17) is 14.2 Å². The van der Waals surface area contributed by atoms with Gasteiger partial charge in [0, 0.05) is 17.8 Å². The van der Waals surface area contributed by atoms with Crippen molar-refractivity contribution in [2.24, 2.45) is 16.7 Å². The summed E-state index contributed by atoms with van der Waals surface area (Å²) in [5, 5.41) is 35.9. The van der Waals surface area contributed by atoms with E-state index < -0.39 is 76.2 Å². The van der Waals surface area contributed by atoms with E-state index in [1.807, 2.05) is 36.9 Å². The molecule has 3 N–H and O–H groups in total. The molecule has 10 nitrogen and oxygen atoms in total. The van der Waals surface area contributed by atoms with Crippen LogP contribution in [0.3, 0.4) is 0 Å². The van der Waals surface area contributed by atoms with Crippen LogP contribution < -0.4 is 0 Å². The van der Waals surface area contributed by atoms with Crippen molar-refractivity contribution in [1.82, 2.24) is 4.90 Å². The predicted octanol–water partition coefficient (Wildman–Crippen LogP) is 2.92. The molecule has 248 valence electrons. The number of carbonyl (C=O) groups excluding carboxylic acids is 3. The van der Waals surface area contributed by atoms with Crippen LogP contribution in [0, 0.1) is 16.7 Å². The molecular weight excluding hydrogens is 578 g/mol. The highest BCUT2D eigenvalue weighted by atomic mass is 16.6. The number of hydrogen-bond donors (Lipinski definition) is 3. The second-order valence-electron chi connectivity index (χ2n) is 14.9. The van der Waals surface area contributed by atoms with Crippen molar-refractivity contribution in [3.63, 3.8) is 0 Å². The maximum absolute atomic E-state index is 14.0. The number of rotatable bonds is 7. The van der Waals surface area contributed by atoms with Gasteiger partial charge in [-0.3, -0.25) is 14.5 Å². The summed E-state index contributed by atoms with van der Waals surface area (Å²) in [4.78, 5) is 42.0. The van der Waals surface area contributed by atoms with Crippen LogP contribution in [0.5, 0.6) is 0 Å². The summed E-state index contributed by atoms with van der Waals surface area (Å²) in [5.74, 6) is -2.52. The highest BCUT2D eigenvalue weighted by Gasteiger charge is 2.81. The van der Waals surface area contributed by atoms with Gasteiger partial charge in [0.2, 0.25) is 0 Å². The lowest BCUT2D eigenvalue weighted by Crippen LogP contribution is -2.86. The van der Waals surface area contributed by atoms with Gasteiger partial charge in [-0.15, -0.1) is 6.58 Å². The van der Waals surface area contributed by atoms with Crippen molar-refractivity contribution in [2.75, 3.05) is 26.2 Å². The summed E-state index contributed by atoms with van der Waals surface area (Å²) in [6, 6.07) is 10.3. The molecule has 0 aromatic heterocycles. The first-order chi connectivity index (χ1) is 21.0. The van der Waals surface area contributed by atoms with Crippen molar-refractivity contribution in [3.8, 4) is 0 Å². The molecule has 1 aromatic rings. The van der Waals surface area contributed by atoms with E-state index in [0.717, 1.165) is 25.9 Å². The Hall–Kier alpha value is -2.63. The monoisotopic (exact) mass is 627 g/mol. The largest absolute Gasteiger partial charge is 0.454 e. The molecule has 4 fully saturated rings. The van der Waals surface area contributed by atoms with Crippen LogP contribution in [0.4, 0.5) is 0 Å². The summed E-state index contributed by atoms with van der Waals surface area (Å²) >= 11 is 0. The highest BCUT2D eigenvalue weighted by Crippen LogP contribution is 2.67. The van der Waals surface area contributed by atoms with Gasteiger partial charge in [-0.05, 0) is 69.5 Å². The molecule has 2 heterocycles. The third-order valence-electron chi connectivity index (χ3n) is 11.5. The van der Waals surface area contributed by atoms with E-state index in [2.05, 4.69) is 18.7 Å². The van der Waals surface area contributed by atoms with Gasteiger partial charge < -0.3 is 29.5 Å². The van der Waals surface area contributed by atoms with Gasteiger partial charge in [0.25, 0.3) is 0 Å². The van der Waals surface area contributed by atoms with Gasteiger partial charge in [0.1, 0.15) is 5.60 Å². The summed E-state index contributed by atoms with van der Waals surface area (Å²) in [7, 11) is 0. The van der Waals surface area contributed by atoms with E-state index >= 15 is 0 Å². The fourth-order valence-electron chi connectivity index (χ4n) is 9.17. The maximum Gasteiger partial charge on any atom is 0.344 e. The summed E-state index contributed by atoms with van der Waals surface area (Å²) in [5.41, 5.74) is -6.40. The smallest absolute Gasteiger partial charge is 0.344 e. The van der Waals surface area contributed by atoms with Crippen LogP contribution >= 0.6 is 0 Å². The molecule has 2 saturated carbocycles. The second-order valence-corrected chi connectivity index (χ2v) is 14.9. The standard InChI is InChI=1S/C35H49NO9/c1-7-32(4)19-25(38)35(42)33(5)24(37)13-16-31(2,3)29(33)28(41)30(34(35,6)45-32)44-27(40)21-43-26(39)20-36-17-14-23(15-18-36)22-11-9-8-10-12-22/h7-12,23-24,28-30,37,41-42H,1,13-21H2,2-6H3/t24-,28-,29-,30-,32-,33-,34+,35-/m0/s1. The molecule has 4 aliphatic rings. The number of Topliss-reactive ketones (excluding diaryl/α,β-unsaturated/α-hetero) is 1. The lowest BCUT2D eigenvalue weighted by molar-refractivity contribution is -0.370. The number of benzene rings is 1. The van der Waals surface area contributed by atoms with Crippen molar-refractivity contribution in [1.29, 1.82) is 0 Å². The average molecular weight is 628 g/mol. The van der Waals surface area contributed by atoms with Crippen LogP contribution in [0.15, 0.2) is 43.0 Å². The fourth-order valence-corrected chi connectivity index (χ4v) is 9.17. The first kappa shape index (κ1) is 33.7. The molecule has 0 unspecified atom stereocenters. The van der Waals surface area contributed by atoms with E-state index in [1.54, 1.807) is 13.8 Å². The fraction of sp³-hybridized carbons (Fsp3) is 0.686. The zero-order valence-electron chi connectivity index (χ0n) is 27.2. The van der Waals surface area contributed by atoms with Gasteiger partial charge in [0.15, 0.2) is 24.1 Å². The van der Waals surface area contributed by atoms with E-state index in [0.29, 0.717) is 18.8 Å². The quantitative estimate of drug-likeness (QED) is 0.305. The van der Waals surface area contributed by atoms with Gasteiger partial charge >= 0.3 is 11.9 Å². The van der Waals surface area contributed by atoms with Crippen LogP contribution in [0.25, 0.3) is 0 Å². The molecule has 2 saturated heterocycles. The number of nitrogens with zero attached hydrogens (tertiary/aromatic N) is 1. The molecule has 10 heteroatoms. The highest BCUT2D eigenvalue weighted by molar-refractivity contribution is 5.92. The molecule has 8 atom stereocenters. The first-order valence-electron chi connectivity index (χ1n) is 16.1. The summed E-state index contributed by atoms with van der Waals surface area (Å²) in [6.07, 6.45) is -0.198. The number of aliphatic hydroxyl groups excluding tert-OH is 2. The van der Waals surface area contributed by atoms with Crippen molar-refractivity contribution in [2.45, 2.75) is 108 Å². The minimum absolute atomic E-state index is 0.0279. The number of carbonyl (C=O) groups is 3. The zero-order valence-corrected chi connectivity index (χ0v) is 27.2. The molecule has 2 aliphatic carbocycles. The second kappa shape index (κ2) is 11.9. The Bertz CT molecular complexity index is 1310. The Labute approximate surface area is 265 Å². The number of likely N-dealkylation sites (tertiary alicyclic amines) is 1. The van der Waals surface area contributed by atoms with Gasteiger partial charge in [-0.1, -0.05) is 57.2 Å². The Kier molecular flexibility index (Phi) is 8.90. The summed E-state index contributed by atoms with van der Waals surface area (Å²) in [6.45, 7) is 13.1. The third kappa shape index (κ3) is 5.46. The SMILES string of the molecule is C=C[C@@]1(C)CC(=O)[C@]2(O)[C@@]3(C)[C@@H](O)CCC(C)(C)[C@@H]3[C@H](O)[C@H](OC(=O)COC(=O)CN3CCC(c4ccccc4)CC3)[C@@]2(C)O1. The number of hydrogen-bond acceptors (Lipinski definition) is 10. The van der Waals surface area contributed by atoms with Crippen molar-refractivity contribution >= 4 is 17.7 Å². The number of piperidine rings is 1. The number of fused-ring (bicyclic) bond motifs is 3. The Balaban J connectivity index is 1.30. The average Bonchev–Trinajstić information content (AvgIpc) is 2.99. The topological polar surface area (TPSA) is 143 Å². The molecule has 0 spiro atoms. The Morgan fingerprint density at radius 1 is 1.04 bits per heavy atom. The van der Waals surface area contributed by atoms with Crippen LogP contribution in [0.2, 0.25) is 0 Å². The zero-order chi connectivity index (χ0) is 33.0. The molecular formula is C35H49NO9. The van der Waals surface area contributed by atoms with Gasteiger partial charge in [-0.2, -0.15) is 0 Å². The number of aliphatic hydroxyl groups is 3. The van der Waals surface area contributed by atoms with E-state index in [1.165, 1.54) is 18.6 Å². The van der Waals surface area contributed by atoms with Crippen molar-refractivity contribution in [3.05, 3.63) is 48.6 Å². The normalized spacial score (nSPS) is 40.1. The Morgan fingerprint density at radius 2 is 1.69 bits per heavy atom. The van der Waals surface area contributed by atoms with Gasteiger partial charge in [-0.25, -0.2) is 4.79 Å². The number of esters is 2. The van der Waals surface area contributed by atoms with Crippen LogP contribution in [-0.4, -0.2) is 99.3 Å². The van der Waals surface area contributed by atoms with Gasteiger partial charge in [0.05, 0.1) is 24.4 Å². The van der Waals surface area contributed by atoms with Crippen LogP contribution in [0.1, 0.15) is 78.2 Å². The van der Waals surface area contributed by atoms with Crippen molar-refractivity contribution < 1.29 is 43.9 Å². The van der Waals surface area contributed by atoms with E-state index in [9.17, 15) is 29.7 Å². The predicted molar refractivity (Wildman–Crippen MR) is 165 cm³/mol. The first-order valence-corrected chi connectivity index (χ1v) is 16.1. The maximum atomic E-state index is 14.0. The molecule has 0 radical (unpaired) electrons. The van der Waals surface area contributed by atoms with E-state index in [-0.39, 0.29) is 13.0 Å². The number of ketones is 1. The minimum atomic E-state index is -2.32. The molecule has 0 bridgehead atoms. The molecule has 1 aromatic carbocycles. The third-order valence-corrected chi connectivity index (χ3v) is 11.5.